The fourth-order valence-electron chi connectivity index (χ4n) is 2.47. The lowest BCUT2D eigenvalue weighted by Crippen LogP contribution is -1.96. The number of aryl methyl sites for hydroxylation is 1. The van der Waals surface area contributed by atoms with Crippen molar-refractivity contribution in [1.82, 2.24) is 34.3 Å². The maximum Gasteiger partial charge on any atom is 0.181 e. The molecule has 3 aromatic heterocycles. The minimum absolute atomic E-state index is 0.683. The van der Waals surface area contributed by atoms with Crippen LogP contribution >= 0.6 is 0 Å². The van der Waals surface area contributed by atoms with Crippen LogP contribution in [-0.4, -0.2) is 41.4 Å². The van der Waals surface area contributed by atoms with Crippen molar-refractivity contribution in [2.24, 2.45) is 7.05 Å². The number of rotatable bonds is 4. The smallest absolute Gasteiger partial charge is 0.181 e. The number of ether oxygens (including phenoxy) is 1. The number of hydrogen-bond donors (Lipinski definition) is 0. The predicted molar refractivity (Wildman–Crippen MR) is 87.2 cm³/mol. The molecule has 3 heterocycles. The van der Waals surface area contributed by atoms with Gasteiger partial charge in [0, 0.05) is 25.6 Å². The molecule has 24 heavy (non-hydrogen) atoms. The van der Waals surface area contributed by atoms with Crippen LogP contribution < -0.4 is 4.74 Å². The molecule has 0 spiro atoms. The minimum Gasteiger partial charge on any atom is -0.497 e. The molecule has 8 heteroatoms. The Morgan fingerprint density at radius 1 is 1.08 bits per heavy atom. The van der Waals surface area contributed by atoms with Crippen LogP contribution in [0.3, 0.4) is 0 Å². The second-order valence-electron chi connectivity index (χ2n) is 5.24. The third-order valence-electron chi connectivity index (χ3n) is 3.67. The van der Waals surface area contributed by atoms with Crippen LogP contribution in [0, 0.1) is 0 Å². The first-order valence-electron chi connectivity index (χ1n) is 7.34. The van der Waals surface area contributed by atoms with Gasteiger partial charge in [-0.15, -0.1) is 5.10 Å². The van der Waals surface area contributed by atoms with Crippen molar-refractivity contribution in [2.75, 3.05) is 7.11 Å². The normalized spacial score (nSPS) is 10.9. The van der Waals surface area contributed by atoms with Crippen molar-refractivity contribution in [3.05, 3.63) is 55.2 Å². The molecule has 0 aliphatic heterocycles. The lowest BCUT2D eigenvalue weighted by molar-refractivity contribution is 0.414. The summed E-state index contributed by atoms with van der Waals surface area (Å²) >= 11 is 0. The summed E-state index contributed by atoms with van der Waals surface area (Å²) in [5.41, 5.74) is 1.82. The van der Waals surface area contributed by atoms with Gasteiger partial charge in [-0.3, -0.25) is 9.25 Å². The van der Waals surface area contributed by atoms with Crippen molar-refractivity contribution < 1.29 is 4.74 Å². The molecule has 0 bridgehead atoms. The summed E-state index contributed by atoms with van der Waals surface area (Å²) in [6.07, 6.45) is 9.11. The Balaban J connectivity index is 1.69. The number of imidazole rings is 1. The van der Waals surface area contributed by atoms with E-state index in [9.17, 15) is 0 Å². The second kappa shape index (κ2) is 5.65. The summed E-state index contributed by atoms with van der Waals surface area (Å²) in [7, 11) is 3.51. The monoisotopic (exact) mass is 321 g/mol. The second-order valence-corrected chi connectivity index (χ2v) is 5.24. The third kappa shape index (κ3) is 2.43. The highest BCUT2D eigenvalue weighted by Crippen LogP contribution is 2.20. The molecule has 0 N–H and O–H groups in total. The Kier molecular flexibility index (Phi) is 3.34. The van der Waals surface area contributed by atoms with E-state index in [1.165, 1.54) is 0 Å². The lowest BCUT2D eigenvalue weighted by atomic mass is 10.3. The molecule has 8 nitrogen and oxygen atoms in total. The van der Waals surface area contributed by atoms with Gasteiger partial charge >= 0.3 is 0 Å². The topological polar surface area (TPSA) is 75.6 Å². The van der Waals surface area contributed by atoms with Crippen LogP contribution in [0.1, 0.15) is 0 Å². The van der Waals surface area contributed by atoms with E-state index in [1.807, 2.05) is 54.5 Å². The molecule has 0 saturated carbocycles. The van der Waals surface area contributed by atoms with Crippen LogP contribution in [0.25, 0.3) is 22.9 Å². The molecule has 0 amide bonds. The van der Waals surface area contributed by atoms with Crippen LogP contribution in [-0.2, 0) is 7.05 Å². The summed E-state index contributed by atoms with van der Waals surface area (Å²) in [4.78, 5) is 4.40. The van der Waals surface area contributed by atoms with Gasteiger partial charge in [0.25, 0.3) is 0 Å². The molecule has 0 atom stereocenters. The summed E-state index contributed by atoms with van der Waals surface area (Å²) in [5.74, 6) is 2.25. The first kappa shape index (κ1) is 14.2. The zero-order valence-corrected chi connectivity index (χ0v) is 13.2. The van der Waals surface area contributed by atoms with E-state index in [0.29, 0.717) is 5.82 Å². The zero-order valence-electron chi connectivity index (χ0n) is 13.2. The van der Waals surface area contributed by atoms with Crippen molar-refractivity contribution >= 4 is 0 Å². The van der Waals surface area contributed by atoms with Crippen molar-refractivity contribution in [1.29, 1.82) is 0 Å². The molecule has 0 saturated heterocycles. The van der Waals surface area contributed by atoms with E-state index in [1.54, 1.807) is 28.9 Å². The molecule has 0 aliphatic rings. The van der Waals surface area contributed by atoms with E-state index in [0.717, 1.165) is 22.8 Å². The fourth-order valence-corrected chi connectivity index (χ4v) is 2.47. The number of methoxy groups -OCH3 is 1. The van der Waals surface area contributed by atoms with Gasteiger partial charge in [-0.25, -0.2) is 9.67 Å². The van der Waals surface area contributed by atoms with E-state index in [-0.39, 0.29) is 0 Å². The SMILES string of the molecule is COc1ccc(-n2cc(-n3ccnc3-c3cnn(C)c3)nn2)cc1. The van der Waals surface area contributed by atoms with Crippen LogP contribution in [0.5, 0.6) is 5.75 Å². The van der Waals surface area contributed by atoms with E-state index >= 15 is 0 Å². The summed E-state index contributed by atoms with van der Waals surface area (Å²) < 4.78 is 10.5. The van der Waals surface area contributed by atoms with Gasteiger partial charge in [-0.2, -0.15) is 5.10 Å². The molecule has 0 unspecified atom stereocenters. The van der Waals surface area contributed by atoms with Gasteiger partial charge in [0.2, 0.25) is 0 Å². The summed E-state index contributed by atoms with van der Waals surface area (Å²) in [6, 6.07) is 7.62. The van der Waals surface area contributed by atoms with E-state index in [2.05, 4.69) is 20.4 Å². The zero-order chi connectivity index (χ0) is 16.5. The highest BCUT2D eigenvalue weighted by atomic mass is 16.5. The standard InChI is InChI=1S/C16H15N7O/c1-21-10-12(9-18-21)16-17-7-8-22(16)15-11-23(20-19-15)13-3-5-14(24-2)6-4-13/h3-11H,1-2H3. The quantitative estimate of drug-likeness (QED) is 0.573. The Hall–Kier alpha value is -3.42. The number of hydrogen-bond acceptors (Lipinski definition) is 5. The Morgan fingerprint density at radius 3 is 2.62 bits per heavy atom. The van der Waals surface area contributed by atoms with Gasteiger partial charge in [-0.05, 0) is 24.3 Å². The average molecular weight is 321 g/mol. The molecule has 1 aromatic carbocycles. The molecular formula is C16H15N7O. The van der Waals surface area contributed by atoms with Crippen molar-refractivity contribution in [3.63, 3.8) is 0 Å². The van der Waals surface area contributed by atoms with E-state index < -0.39 is 0 Å². The molecule has 0 fully saturated rings. The molecule has 0 radical (unpaired) electrons. The number of aromatic nitrogens is 7. The molecule has 4 aromatic rings. The number of nitrogens with zero attached hydrogens (tertiary/aromatic N) is 7. The Morgan fingerprint density at radius 2 is 1.92 bits per heavy atom. The Bertz CT molecular complexity index is 964. The lowest BCUT2D eigenvalue weighted by Gasteiger charge is -2.03. The van der Waals surface area contributed by atoms with Gasteiger partial charge in [-0.1, -0.05) is 5.21 Å². The van der Waals surface area contributed by atoms with Crippen LogP contribution in [0.4, 0.5) is 0 Å². The van der Waals surface area contributed by atoms with Crippen molar-refractivity contribution in [3.8, 4) is 28.6 Å². The molecule has 4 rings (SSSR count). The van der Waals surface area contributed by atoms with Crippen LogP contribution in [0.15, 0.2) is 55.2 Å². The number of benzene rings is 1. The maximum absolute atomic E-state index is 5.17. The first-order chi connectivity index (χ1) is 11.7. The highest BCUT2D eigenvalue weighted by Gasteiger charge is 2.12. The Labute approximate surface area is 137 Å². The van der Waals surface area contributed by atoms with Gasteiger partial charge in [0.05, 0.1) is 30.8 Å². The molecule has 120 valence electrons. The third-order valence-corrected chi connectivity index (χ3v) is 3.67. The molecule has 0 aliphatic carbocycles. The van der Waals surface area contributed by atoms with Gasteiger partial charge in [0.15, 0.2) is 5.82 Å². The summed E-state index contributed by atoms with van der Waals surface area (Å²) in [6.45, 7) is 0. The van der Waals surface area contributed by atoms with Gasteiger partial charge in [0.1, 0.15) is 11.6 Å². The van der Waals surface area contributed by atoms with Gasteiger partial charge < -0.3 is 4.74 Å². The highest BCUT2D eigenvalue weighted by molar-refractivity contribution is 5.55. The largest absolute Gasteiger partial charge is 0.497 e. The first-order valence-corrected chi connectivity index (χ1v) is 7.34. The molecular weight excluding hydrogens is 306 g/mol. The minimum atomic E-state index is 0.683. The van der Waals surface area contributed by atoms with Crippen molar-refractivity contribution in [2.45, 2.75) is 0 Å². The summed E-state index contributed by atoms with van der Waals surface area (Å²) in [5, 5.41) is 12.6. The fraction of sp³-hybridized carbons (Fsp3) is 0.125. The maximum atomic E-state index is 5.17. The predicted octanol–water partition coefficient (Wildman–Crippen LogP) is 1.86. The van der Waals surface area contributed by atoms with E-state index in [4.69, 9.17) is 4.74 Å². The van der Waals surface area contributed by atoms with Crippen LogP contribution in [0.2, 0.25) is 0 Å². The average Bonchev–Trinajstić information content (AvgIpc) is 3.34.